The number of hydrogen-bond donors (Lipinski definition) is 2. The topological polar surface area (TPSA) is 72.9 Å². The predicted octanol–water partition coefficient (Wildman–Crippen LogP) is 0.667. The highest BCUT2D eigenvalue weighted by molar-refractivity contribution is 5.92. The van der Waals surface area contributed by atoms with Gasteiger partial charge in [0.2, 0.25) is 0 Å². The Labute approximate surface area is 101 Å². The van der Waals surface area contributed by atoms with Crippen LogP contribution in [0.1, 0.15) is 36.2 Å². The maximum Gasteiger partial charge on any atom is 0.271 e. The molecule has 1 aromatic heterocycles. The van der Waals surface area contributed by atoms with Crippen molar-refractivity contribution < 1.29 is 4.79 Å². The van der Waals surface area contributed by atoms with E-state index in [4.69, 9.17) is 5.73 Å². The van der Waals surface area contributed by atoms with Crippen molar-refractivity contribution in [1.29, 1.82) is 0 Å². The number of carbonyl (C=O) groups is 1. The number of imidazole rings is 1. The summed E-state index contributed by atoms with van der Waals surface area (Å²) in [6.07, 6.45) is 7.90. The first-order chi connectivity index (χ1) is 8.20. The summed E-state index contributed by atoms with van der Waals surface area (Å²) in [5.41, 5.74) is 6.22. The summed E-state index contributed by atoms with van der Waals surface area (Å²) in [6, 6.07) is 0.211. The molecule has 5 heteroatoms. The molecule has 0 saturated heterocycles. The number of carbonyl (C=O) groups excluding carboxylic acids is 1. The second-order valence-corrected chi connectivity index (χ2v) is 4.78. The maximum absolute atomic E-state index is 12.0. The molecule has 0 aliphatic heterocycles. The van der Waals surface area contributed by atoms with E-state index in [1.807, 2.05) is 7.05 Å². The van der Waals surface area contributed by atoms with Gasteiger partial charge in [0.25, 0.3) is 5.91 Å². The number of aryl methyl sites for hydroxylation is 1. The van der Waals surface area contributed by atoms with Crippen LogP contribution in [-0.2, 0) is 7.05 Å². The van der Waals surface area contributed by atoms with Gasteiger partial charge in [0, 0.05) is 19.3 Å². The van der Waals surface area contributed by atoms with Crippen LogP contribution in [-0.4, -0.2) is 28.0 Å². The molecule has 94 valence electrons. The van der Waals surface area contributed by atoms with Crippen molar-refractivity contribution in [2.24, 2.45) is 18.7 Å². The zero-order chi connectivity index (χ0) is 12.3. The summed E-state index contributed by atoms with van der Waals surface area (Å²) < 4.78 is 1.77. The van der Waals surface area contributed by atoms with Crippen LogP contribution in [0.3, 0.4) is 0 Å². The van der Waals surface area contributed by atoms with E-state index in [1.165, 1.54) is 12.8 Å². The minimum absolute atomic E-state index is 0.0871. The van der Waals surface area contributed by atoms with Crippen molar-refractivity contribution in [3.63, 3.8) is 0 Å². The molecule has 2 rings (SSSR count). The molecule has 0 spiro atoms. The molecule has 17 heavy (non-hydrogen) atoms. The van der Waals surface area contributed by atoms with E-state index in [1.54, 1.807) is 17.1 Å². The quantitative estimate of drug-likeness (QED) is 0.810. The maximum atomic E-state index is 12.0. The van der Waals surface area contributed by atoms with Crippen LogP contribution in [0.4, 0.5) is 0 Å². The van der Waals surface area contributed by atoms with Crippen molar-refractivity contribution in [2.75, 3.05) is 6.54 Å². The van der Waals surface area contributed by atoms with Crippen molar-refractivity contribution in [3.8, 4) is 0 Å². The molecular formula is C12H20N4O. The van der Waals surface area contributed by atoms with Crippen LogP contribution in [0.25, 0.3) is 0 Å². The Morgan fingerprint density at radius 2 is 2.35 bits per heavy atom. The molecule has 3 N–H and O–H groups in total. The standard InChI is InChI=1S/C12H20N4O/c1-16-7-11(14-8-16)12(17)15-10-5-3-2-4-9(10)6-13/h7-10H,2-6,13H2,1H3,(H,15,17). The fraction of sp³-hybridized carbons (Fsp3) is 0.667. The third kappa shape index (κ3) is 2.85. The lowest BCUT2D eigenvalue weighted by molar-refractivity contribution is 0.0903. The van der Waals surface area contributed by atoms with Crippen molar-refractivity contribution in [3.05, 3.63) is 18.2 Å². The molecule has 1 aliphatic carbocycles. The van der Waals surface area contributed by atoms with Gasteiger partial charge in [-0.25, -0.2) is 4.98 Å². The van der Waals surface area contributed by atoms with Gasteiger partial charge < -0.3 is 15.6 Å². The van der Waals surface area contributed by atoms with E-state index in [-0.39, 0.29) is 11.9 Å². The van der Waals surface area contributed by atoms with E-state index in [2.05, 4.69) is 10.3 Å². The Morgan fingerprint density at radius 1 is 1.59 bits per heavy atom. The molecule has 0 radical (unpaired) electrons. The first-order valence-electron chi connectivity index (χ1n) is 6.19. The highest BCUT2D eigenvalue weighted by Crippen LogP contribution is 2.23. The van der Waals surface area contributed by atoms with Crippen molar-refractivity contribution in [2.45, 2.75) is 31.7 Å². The number of rotatable bonds is 3. The number of amides is 1. The third-order valence-corrected chi connectivity index (χ3v) is 3.47. The van der Waals surface area contributed by atoms with Gasteiger partial charge in [-0.3, -0.25) is 4.79 Å². The molecule has 1 aromatic rings. The van der Waals surface area contributed by atoms with Crippen molar-refractivity contribution >= 4 is 5.91 Å². The van der Waals surface area contributed by atoms with Crippen LogP contribution in [0.15, 0.2) is 12.5 Å². The van der Waals surface area contributed by atoms with Gasteiger partial charge in [-0.2, -0.15) is 0 Å². The number of nitrogens with zero attached hydrogens (tertiary/aromatic N) is 2. The lowest BCUT2D eigenvalue weighted by Crippen LogP contribution is -2.44. The van der Waals surface area contributed by atoms with Gasteiger partial charge in [-0.1, -0.05) is 12.8 Å². The van der Waals surface area contributed by atoms with Crippen LogP contribution < -0.4 is 11.1 Å². The second-order valence-electron chi connectivity index (χ2n) is 4.78. The van der Waals surface area contributed by atoms with E-state index in [0.717, 1.165) is 12.8 Å². The molecule has 1 amide bonds. The lowest BCUT2D eigenvalue weighted by atomic mass is 9.84. The molecule has 0 aromatic carbocycles. The SMILES string of the molecule is Cn1cnc(C(=O)NC2CCCCC2CN)c1. The molecule has 0 bridgehead atoms. The van der Waals surface area contributed by atoms with E-state index in [0.29, 0.717) is 18.2 Å². The molecule has 5 nitrogen and oxygen atoms in total. The smallest absolute Gasteiger partial charge is 0.271 e. The van der Waals surface area contributed by atoms with E-state index < -0.39 is 0 Å². The molecule has 1 heterocycles. The fourth-order valence-corrected chi connectivity index (χ4v) is 2.45. The van der Waals surface area contributed by atoms with Crippen LogP contribution in [0.2, 0.25) is 0 Å². The van der Waals surface area contributed by atoms with Gasteiger partial charge in [0.1, 0.15) is 5.69 Å². The van der Waals surface area contributed by atoms with Gasteiger partial charge in [0.05, 0.1) is 6.33 Å². The van der Waals surface area contributed by atoms with Crippen LogP contribution >= 0.6 is 0 Å². The lowest BCUT2D eigenvalue weighted by Gasteiger charge is -2.31. The zero-order valence-corrected chi connectivity index (χ0v) is 10.2. The summed E-state index contributed by atoms with van der Waals surface area (Å²) in [6.45, 7) is 0.646. The summed E-state index contributed by atoms with van der Waals surface area (Å²) in [4.78, 5) is 16.0. The highest BCUT2D eigenvalue weighted by Gasteiger charge is 2.26. The Bertz CT molecular complexity index is 388. The average Bonchev–Trinajstić information content (AvgIpc) is 2.77. The third-order valence-electron chi connectivity index (χ3n) is 3.47. The number of nitrogens with one attached hydrogen (secondary N) is 1. The molecule has 1 aliphatic rings. The summed E-state index contributed by atoms with van der Waals surface area (Å²) in [5, 5.41) is 3.05. The Kier molecular flexibility index (Phi) is 3.78. The second kappa shape index (κ2) is 5.31. The van der Waals surface area contributed by atoms with E-state index in [9.17, 15) is 4.79 Å². The fourth-order valence-electron chi connectivity index (χ4n) is 2.45. The Hall–Kier alpha value is -1.36. The van der Waals surface area contributed by atoms with Crippen LogP contribution in [0.5, 0.6) is 0 Å². The summed E-state index contributed by atoms with van der Waals surface area (Å²) in [7, 11) is 1.85. The Morgan fingerprint density at radius 3 is 3.00 bits per heavy atom. The van der Waals surface area contributed by atoms with Gasteiger partial charge in [-0.05, 0) is 25.3 Å². The molecule has 2 atom stereocenters. The minimum atomic E-state index is -0.0871. The number of nitrogens with two attached hydrogens (primary N) is 1. The van der Waals surface area contributed by atoms with Gasteiger partial charge in [-0.15, -0.1) is 0 Å². The predicted molar refractivity (Wildman–Crippen MR) is 65.5 cm³/mol. The first-order valence-corrected chi connectivity index (χ1v) is 6.19. The largest absolute Gasteiger partial charge is 0.348 e. The monoisotopic (exact) mass is 236 g/mol. The normalized spacial score (nSPS) is 24.6. The Balaban J connectivity index is 1.97. The summed E-state index contributed by atoms with van der Waals surface area (Å²) in [5.74, 6) is 0.326. The zero-order valence-electron chi connectivity index (χ0n) is 10.2. The molecule has 1 saturated carbocycles. The molecule has 1 fully saturated rings. The molecule has 2 unspecified atom stereocenters. The van der Waals surface area contributed by atoms with Gasteiger partial charge >= 0.3 is 0 Å². The molecular weight excluding hydrogens is 216 g/mol. The number of aromatic nitrogens is 2. The van der Waals surface area contributed by atoms with E-state index >= 15 is 0 Å². The van der Waals surface area contributed by atoms with Gasteiger partial charge in [0.15, 0.2) is 0 Å². The number of hydrogen-bond acceptors (Lipinski definition) is 3. The minimum Gasteiger partial charge on any atom is -0.348 e. The first kappa shape index (κ1) is 12.1. The highest BCUT2D eigenvalue weighted by atomic mass is 16.2. The summed E-state index contributed by atoms with van der Waals surface area (Å²) >= 11 is 0. The van der Waals surface area contributed by atoms with Crippen LogP contribution in [0, 0.1) is 5.92 Å². The van der Waals surface area contributed by atoms with Crippen molar-refractivity contribution in [1.82, 2.24) is 14.9 Å². The average molecular weight is 236 g/mol.